The number of nitrogen functional groups attached to an aromatic ring is 1. The van der Waals surface area contributed by atoms with Gasteiger partial charge in [-0.2, -0.15) is 9.97 Å². The summed E-state index contributed by atoms with van der Waals surface area (Å²) in [6, 6.07) is 9.71. The minimum atomic E-state index is 0.201. The van der Waals surface area contributed by atoms with E-state index in [-0.39, 0.29) is 11.9 Å². The summed E-state index contributed by atoms with van der Waals surface area (Å²) >= 11 is 0. The molecule has 5 N–H and O–H groups in total. The molecule has 3 heterocycles. The van der Waals surface area contributed by atoms with Crippen molar-refractivity contribution >= 4 is 34.5 Å². The Morgan fingerprint density at radius 1 is 1.14 bits per heavy atom. The number of nitrogens with zero attached hydrogens (tertiary/aromatic N) is 4. The first-order valence-corrected chi connectivity index (χ1v) is 9.51. The number of carbonyl (C=O) groups is 1. The van der Waals surface area contributed by atoms with Gasteiger partial charge in [-0.3, -0.25) is 4.79 Å². The van der Waals surface area contributed by atoms with Gasteiger partial charge in [-0.25, -0.2) is 4.98 Å². The SMILES string of the molecule is Nc1nc(NCCCN2CCCC2=O)cc(NCc2nc3ccccc3[nH]2)n1. The molecule has 1 aliphatic rings. The first-order valence-electron chi connectivity index (χ1n) is 9.51. The molecule has 0 saturated carbocycles. The fourth-order valence-electron chi connectivity index (χ4n) is 3.34. The Kier molecular flexibility index (Phi) is 5.22. The predicted octanol–water partition coefficient (Wildman–Crippen LogP) is 1.97. The van der Waals surface area contributed by atoms with Crippen molar-refractivity contribution in [1.82, 2.24) is 24.8 Å². The maximum atomic E-state index is 11.6. The fourth-order valence-corrected chi connectivity index (χ4v) is 3.34. The van der Waals surface area contributed by atoms with Crippen LogP contribution in [0.3, 0.4) is 0 Å². The van der Waals surface area contributed by atoms with Crippen LogP contribution in [-0.2, 0) is 11.3 Å². The third-order valence-corrected chi connectivity index (χ3v) is 4.70. The number of nitrogens with two attached hydrogens (primary N) is 1. The molecule has 0 atom stereocenters. The van der Waals surface area contributed by atoms with E-state index < -0.39 is 0 Å². The van der Waals surface area contributed by atoms with Gasteiger partial charge in [0, 0.05) is 32.1 Å². The maximum Gasteiger partial charge on any atom is 0.223 e. The lowest BCUT2D eigenvalue weighted by molar-refractivity contribution is -0.127. The average molecular weight is 380 g/mol. The summed E-state index contributed by atoms with van der Waals surface area (Å²) in [4.78, 5) is 29.8. The molecule has 28 heavy (non-hydrogen) atoms. The number of nitrogens with one attached hydrogen (secondary N) is 3. The van der Waals surface area contributed by atoms with Gasteiger partial charge in [-0.15, -0.1) is 0 Å². The minimum Gasteiger partial charge on any atom is -0.370 e. The van der Waals surface area contributed by atoms with Crippen LogP contribution in [0.1, 0.15) is 25.1 Å². The lowest BCUT2D eigenvalue weighted by Gasteiger charge is -2.15. The third-order valence-electron chi connectivity index (χ3n) is 4.70. The molecule has 146 valence electrons. The summed E-state index contributed by atoms with van der Waals surface area (Å²) in [5.41, 5.74) is 7.76. The molecule has 9 heteroatoms. The van der Waals surface area contributed by atoms with Gasteiger partial charge in [-0.05, 0) is 25.0 Å². The van der Waals surface area contributed by atoms with Crippen molar-refractivity contribution in [2.45, 2.75) is 25.8 Å². The number of fused-ring (bicyclic) bond motifs is 1. The van der Waals surface area contributed by atoms with E-state index in [0.717, 1.165) is 42.8 Å². The summed E-state index contributed by atoms with van der Waals surface area (Å²) < 4.78 is 0. The first-order chi connectivity index (χ1) is 13.7. The molecule has 0 aliphatic carbocycles. The zero-order chi connectivity index (χ0) is 19.3. The topological polar surface area (TPSA) is 125 Å². The van der Waals surface area contributed by atoms with Gasteiger partial charge >= 0.3 is 0 Å². The largest absolute Gasteiger partial charge is 0.370 e. The van der Waals surface area contributed by atoms with Crippen LogP contribution >= 0.6 is 0 Å². The highest BCUT2D eigenvalue weighted by Gasteiger charge is 2.18. The number of likely N-dealkylation sites (tertiary alicyclic amines) is 1. The quantitative estimate of drug-likeness (QED) is 0.440. The van der Waals surface area contributed by atoms with Crippen molar-refractivity contribution in [1.29, 1.82) is 0 Å². The Morgan fingerprint density at radius 2 is 1.96 bits per heavy atom. The van der Waals surface area contributed by atoms with Crippen molar-refractivity contribution in [2.24, 2.45) is 0 Å². The number of hydrogen-bond acceptors (Lipinski definition) is 7. The standard InChI is InChI=1S/C19H24N8O/c20-19-25-15(21-8-4-10-27-9-3-7-18(27)28)11-16(26-19)22-12-17-23-13-5-1-2-6-14(13)24-17/h1-2,5-6,11H,3-4,7-10,12H2,(H,23,24)(H4,20,21,22,25,26). The Labute approximate surface area is 162 Å². The monoisotopic (exact) mass is 380 g/mol. The minimum absolute atomic E-state index is 0.201. The normalized spacial score (nSPS) is 14.0. The number of hydrogen-bond donors (Lipinski definition) is 4. The maximum absolute atomic E-state index is 11.6. The van der Waals surface area contributed by atoms with Crippen molar-refractivity contribution in [2.75, 3.05) is 36.0 Å². The van der Waals surface area contributed by atoms with Crippen LogP contribution in [0.25, 0.3) is 11.0 Å². The van der Waals surface area contributed by atoms with Crippen LogP contribution in [-0.4, -0.2) is 50.4 Å². The van der Waals surface area contributed by atoms with Crippen LogP contribution in [0.2, 0.25) is 0 Å². The first kappa shape index (κ1) is 18.0. The van der Waals surface area contributed by atoms with Crippen molar-refractivity contribution in [3.63, 3.8) is 0 Å². The van der Waals surface area contributed by atoms with E-state index >= 15 is 0 Å². The number of rotatable bonds is 8. The zero-order valence-corrected chi connectivity index (χ0v) is 15.6. The van der Waals surface area contributed by atoms with Crippen molar-refractivity contribution in [3.05, 3.63) is 36.2 Å². The van der Waals surface area contributed by atoms with E-state index in [1.54, 1.807) is 0 Å². The number of anilines is 3. The van der Waals surface area contributed by atoms with Crippen LogP contribution in [0.15, 0.2) is 30.3 Å². The lowest BCUT2D eigenvalue weighted by Crippen LogP contribution is -2.27. The van der Waals surface area contributed by atoms with E-state index in [0.29, 0.717) is 31.1 Å². The summed E-state index contributed by atoms with van der Waals surface area (Å²) in [7, 11) is 0. The molecular weight excluding hydrogens is 356 g/mol. The third kappa shape index (κ3) is 4.30. The molecule has 0 unspecified atom stereocenters. The highest BCUT2D eigenvalue weighted by molar-refractivity contribution is 5.78. The zero-order valence-electron chi connectivity index (χ0n) is 15.6. The van der Waals surface area contributed by atoms with Gasteiger partial charge in [0.1, 0.15) is 17.5 Å². The molecule has 1 saturated heterocycles. The van der Waals surface area contributed by atoms with E-state index in [2.05, 4.69) is 30.6 Å². The number of benzene rings is 1. The number of amides is 1. The van der Waals surface area contributed by atoms with Crippen LogP contribution in [0.4, 0.5) is 17.6 Å². The Balaban J connectivity index is 1.30. The summed E-state index contributed by atoms with van der Waals surface area (Å²) in [6.07, 6.45) is 2.50. The average Bonchev–Trinajstić information content (AvgIpc) is 3.29. The molecule has 9 nitrogen and oxygen atoms in total. The Bertz CT molecular complexity index is 936. The predicted molar refractivity (Wildman–Crippen MR) is 109 cm³/mol. The molecule has 0 bridgehead atoms. The number of aromatic amines is 1. The van der Waals surface area contributed by atoms with Crippen LogP contribution in [0.5, 0.6) is 0 Å². The van der Waals surface area contributed by atoms with Crippen LogP contribution in [0, 0.1) is 0 Å². The number of H-pyrrole nitrogens is 1. The second kappa shape index (κ2) is 8.12. The second-order valence-electron chi connectivity index (χ2n) is 6.82. The van der Waals surface area contributed by atoms with Gasteiger partial charge in [0.05, 0.1) is 17.6 Å². The molecule has 2 aromatic heterocycles. The molecule has 3 aromatic rings. The number of imidazole rings is 1. The summed E-state index contributed by atoms with van der Waals surface area (Å²) in [5.74, 6) is 2.57. The fraction of sp³-hybridized carbons (Fsp3) is 0.368. The van der Waals surface area contributed by atoms with Crippen molar-refractivity contribution < 1.29 is 4.79 Å². The van der Waals surface area contributed by atoms with E-state index in [9.17, 15) is 4.79 Å². The Hall–Kier alpha value is -3.36. The second-order valence-corrected chi connectivity index (χ2v) is 6.82. The highest BCUT2D eigenvalue weighted by atomic mass is 16.2. The summed E-state index contributed by atoms with van der Waals surface area (Å²) in [6.45, 7) is 2.85. The van der Waals surface area contributed by atoms with E-state index in [4.69, 9.17) is 5.73 Å². The molecule has 1 fully saturated rings. The van der Waals surface area contributed by atoms with Crippen molar-refractivity contribution in [3.8, 4) is 0 Å². The number of aromatic nitrogens is 4. The highest BCUT2D eigenvalue weighted by Crippen LogP contribution is 2.15. The molecule has 1 aliphatic heterocycles. The number of carbonyl (C=O) groups excluding carboxylic acids is 1. The summed E-state index contributed by atoms with van der Waals surface area (Å²) in [5, 5.41) is 6.48. The van der Waals surface area contributed by atoms with Gasteiger partial charge in [0.2, 0.25) is 11.9 Å². The molecule has 0 radical (unpaired) electrons. The molecule has 1 amide bonds. The smallest absolute Gasteiger partial charge is 0.223 e. The van der Waals surface area contributed by atoms with E-state index in [1.165, 1.54) is 0 Å². The van der Waals surface area contributed by atoms with Gasteiger partial charge in [0.25, 0.3) is 0 Å². The number of para-hydroxylation sites is 2. The molecule has 1 aromatic carbocycles. The van der Waals surface area contributed by atoms with Gasteiger partial charge in [0.15, 0.2) is 0 Å². The van der Waals surface area contributed by atoms with Gasteiger partial charge in [-0.1, -0.05) is 12.1 Å². The molecule has 4 rings (SSSR count). The molecule has 0 spiro atoms. The molecular formula is C19H24N8O. The Morgan fingerprint density at radius 3 is 2.75 bits per heavy atom. The lowest BCUT2D eigenvalue weighted by atomic mass is 10.3. The van der Waals surface area contributed by atoms with Gasteiger partial charge < -0.3 is 26.3 Å². The van der Waals surface area contributed by atoms with Crippen LogP contribution < -0.4 is 16.4 Å². The van der Waals surface area contributed by atoms with E-state index in [1.807, 2.05) is 35.2 Å².